The van der Waals surface area contributed by atoms with Crippen molar-refractivity contribution in [1.29, 1.82) is 0 Å². The lowest BCUT2D eigenvalue weighted by atomic mass is 9.76. The summed E-state index contributed by atoms with van der Waals surface area (Å²) >= 11 is 0. The van der Waals surface area contributed by atoms with Crippen molar-refractivity contribution >= 4 is 0 Å². The van der Waals surface area contributed by atoms with Crippen LogP contribution in [-0.2, 0) is 13.5 Å². The molecule has 108 valence electrons. The van der Waals surface area contributed by atoms with Gasteiger partial charge in [-0.2, -0.15) is 5.10 Å². The quantitative estimate of drug-likeness (QED) is 0.855. The molecule has 3 nitrogen and oxygen atoms in total. The monoisotopic (exact) mass is 263 g/mol. The molecule has 1 aliphatic rings. The van der Waals surface area contributed by atoms with Crippen LogP contribution in [0.15, 0.2) is 12.4 Å². The van der Waals surface area contributed by atoms with Gasteiger partial charge in [0.15, 0.2) is 0 Å². The summed E-state index contributed by atoms with van der Waals surface area (Å²) in [5, 5.41) is 7.95. The van der Waals surface area contributed by atoms with Crippen molar-refractivity contribution in [3.05, 3.63) is 18.0 Å². The first-order valence-corrected chi connectivity index (χ1v) is 7.83. The first-order valence-electron chi connectivity index (χ1n) is 7.83. The van der Waals surface area contributed by atoms with Gasteiger partial charge in [-0.3, -0.25) is 4.68 Å². The fourth-order valence-electron chi connectivity index (χ4n) is 3.26. The standard InChI is InChI=1S/C16H29N3/c1-13(2)9-17-11-16-7-5-4-6-15(16)8-14-10-18-19(3)12-14/h10,12-13,15-17H,4-9,11H2,1-3H3. The maximum atomic E-state index is 4.29. The molecule has 0 bridgehead atoms. The molecule has 19 heavy (non-hydrogen) atoms. The van der Waals surface area contributed by atoms with Crippen LogP contribution in [-0.4, -0.2) is 22.9 Å². The van der Waals surface area contributed by atoms with E-state index >= 15 is 0 Å². The van der Waals surface area contributed by atoms with Gasteiger partial charge in [0.2, 0.25) is 0 Å². The van der Waals surface area contributed by atoms with Crippen LogP contribution < -0.4 is 5.32 Å². The van der Waals surface area contributed by atoms with Crippen molar-refractivity contribution < 1.29 is 0 Å². The largest absolute Gasteiger partial charge is 0.316 e. The van der Waals surface area contributed by atoms with E-state index in [1.54, 1.807) is 0 Å². The molecule has 0 radical (unpaired) electrons. The van der Waals surface area contributed by atoms with Crippen LogP contribution in [0.2, 0.25) is 0 Å². The molecular formula is C16H29N3. The number of hydrogen-bond donors (Lipinski definition) is 1. The van der Waals surface area contributed by atoms with Crippen molar-refractivity contribution in [3.63, 3.8) is 0 Å². The van der Waals surface area contributed by atoms with E-state index in [9.17, 15) is 0 Å². The Balaban J connectivity index is 1.84. The zero-order valence-electron chi connectivity index (χ0n) is 12.7. The Morgan fingerprint density at radius 2 is 2.05 bits per heavy atom. The number of nitrogens with one attached hydrogen (secondary N) is 1. The molecule has 1 aromatic rings. The molecule has 1 aliphatic carbocycles. The molecule has 2 atom stereocenters. The van der Waals surface area contributed by atoms with Crippen molar-refractivity contribution in [2.45, 2.75) is 46.0 Å². The Morgan fingerprint density at radius 3 is 2.68 bits per heavy atom. The lowest BCUT2D eigenvalue weighted by molar-refractivity contribution is 0.226. The van der Waals surface area contributed by atoms with Crippen LogP contribution in [0, 0.1) is 17.8 Å². The highest BCUT2D eigenvalue weighted by atomic mass is 15.2. The van der Waals surface area contributed by atoms with E-state index in [0.29, 0.717) is 0 Å². The van der Waals surface area contributed by atoms with Gasteiger partial charge in [0, 0.05) is 13.2 Å². The van der Waals surface area contributed by atoms with Crippen LogP contribution >= 0.6 is 0 Å². The summed E-state index contributed by atoms with van der Waals surface area (Å²) in [5.41, 5.74) is 1.41. The van der Waals surface area contributed by atoms with Gasteiger partial charge in [-0.15, -0.1) is 0 Å². The number of nitrogens with zero attached hydrogens (tertiary/aromatic N) is 2. The molecule has 1 heterocycles. The van der Waals surface area contributed by atoms with Crippen LogP contribution in [0.1, 0.15) is 45.1 Å². The summed E-state index contributed by atoms with van der Waals surface area (Å²) < 4.78 is 1.92. The summed E-state index contributed by atoms with van der Waals surface area (Å²) in [6.45, 7) is 6.90. The van der Waals surface area contributed by atoms with E-state index in [1.807, 2.05) is 17.9 Å². The smallest absolute Gasteiger partial charge is 0.0521 e. The second kappa shape index (κ2) is 7.09. The van der Waals surface area contributed by atoms with Gasteiger partial charge in [-0.1, -0.05) is 26.7 Å². The third-order valence-electron chi connectivity index (χ3n) is 4.28. The zero-order valence-corrected chi connectivity index (χ0v) is 12.7. The molecule has 0 spiro atoms. The van der Waals surface area contributed by atoms with Gasteiger partial charge in [-0.25, -0.2) is 0 Å². The minimum absolute atomic E-state index is 0.750. The van der Waals surface area contributed by atoms with Crippen LogP contribution in [0.5, 0.6) is 0 Å². The minimum atomic E-state index is 0.750. The zero-order chi connectivity index (χ0) is 13.7. The summed E-state index contributed by atoms with van der Waals surface area (Å²) in [6, 6.07) is 0. The highest BCUT2D eigenvalue weighted by molar-refractivity contribution is 5.05. The van der Waals surface area contributed by atoms with Gasteiger partial charge in [0.25, 0.3) is 0 Å². The van der Waals surface area contributed by atoms with Gasteiger partial charge >= 0.3 is 0 Å². The van der Waals surface area contributed by atoms with Gasteiger partial charge in [0.05, 0.1) is 6.20 Å². The molecule has 1 N–H and O–H groups in total. The van der Waals surface area contributed by atoms with Gasteiger partial charge in [-0.05, 0) is 55.7 Å². The molecule has 0 amide bonds. The fraction of sp³-hybridized carbons (Fsp3) is 0.812. The van der Waals surface area contributed by atoms with E-state index < -0.39 is 0 Å². The maximum Gasteiger partial charge on any atom is 0.0521 e. The van der Waals surface area contributed by atoms with Crippen molar-refractivity contribution in [1.82, 2.24) is 15.1 Å². The maximum absolute atomic E-state index is 4.29. The van der Waals surface area contributed by atoms with Crippen molar-refractivity contribution in [2.75, 3.05) is 13.1 Å². The minimum Gasteiger partial charge on any atom is -0.316 e. The van der Waals surface area contributed by atoms with E-state index in [-0.39, 0.29) is 0 Å². The Hall–Kier alpha value is -0.830. The first-order chi connectivity index (χ1) is 9.15. The summed E-state index contributed by atoms with van der Waals surface area (Å²) in [4.78, 5) is 0. The molecule has 3 heteroatoms. The van der Waals surface area contributed by atoms with Crippen LogP contribution in [0.4, 0.5) is 0 Å². The first kappa shape index (κ1) is 14.6. The molecule has 1 saturated carbocycles. The molecule has 1 fully saturated rings. The number of aryl methyl sites for hydroxylation is 1. The highest BCUT2D eigenvalue weighted by Crippen LogP contribution is 2.32. The molecule has 0 saturated heterocycles. The summed E-state index contributed by atoms with van der Waals surface area (Å²) in [5.74, 6) is 2.45. The average Bonchev–Trinajstić information content (AvgIpc) is 2.77. The average molecular weight is 263 g/mol. The molecule has 2 unspecified atom stereocenters. The normalized spacial score (nSPS) is 24.0. The molecule has 1 aromatic heterocycles. The number of aromatic nitrogens is 2. The van der Waals surface area contributed by atoms with E-state index in [2.05, 4.69) is 30.5 Å². The Labute approximate surface area is 117 Å². The van der Waals surface area contributed by atoms with Crippen LogP contribution in [0.3, 0.4) is 0 Å². The van der Waals surface area contributed by atoms with Gasteiger partial charge in [0.1, 0.15) is 0 Å². The second-order valence-electron chi connectivity index (χ2n) is 6.58. The van der Waals surface area contributed by atoms with Crippen molar-refractivity contribution in [2.24, 2.45) is 24.8 Å². The Bertz CT molecular complexity index is 370. The van der Waals surface area contributed by atoms with E-state index in [0.717, 1.165) is 24.3 Å². The fourth-order valence-corrected chi connectivity index (χ4v) is 3.26. The predicted octanol–water partition coefficient (Wildman–Crippen LogP) is 3.01. The topological polar surface area (TPSA) is 29.9 Å². The second-order valence-corrected chi connectivity index (χ2v) is 6.58. The molecule has 0 aromatic carbocycles. The molecule has 0 aliphatic heterocycles. The van der Waals surface area contributed by atoms with Gasteiger partial charge < -0.3 is 5.32 Å². The molecule has 2 rings (SSSR count). The van der Waals surface area contributed by atoms with Crippen molar-refractivity contribution in [3.8, 4) is 0 Å². The number of rotatable bonds is 6. The highest BCUT2D eigenvalue weighted by Gasteiger charge is 2.25. The Kier molecular flexibility index (Phi) is 5.44. The SMILES string of the molecule is CC(C)CNCC1CCCCC1Cc1cnn(C)c1. The van der Waals surface area contributed by atoms with Crippen LogP contribution in [0.25, 0.3) is 0 Å². The third kappa shape index (κ3) is 4.64. The van der Waals surface area contributed by atoms with E-state index in [1.165, 1.54) is 44.2 Å². The summed E-state index contributed by atoms with van der Waals surface area (Å²) in [6.07, 6.45) is 11.0. The number of hydrogen-bond acceptors (Lipinski definition) is 2. The lowest BCUT2D eigenvalue weighted by Gasteiger charge is -2.32. The lowest BCUT2D eigenvalue weighted by Crippen LogP contribution is -2.33. The molecular weight excluding hydrogens is 234 g/mol. The third-order valence-corrected chi connectivity index (χ3v) is 4.28. The predicted molar refractivity (Wildman–Crippen MR) is 80.1 cm³/mol. The Morgan fingerprint density at radius 1 is 1.32 bits per heavy atom. The summed E-state index contributed by atoms with van der Waals surface area (Å²) in [7, 11) is 2.01. The van der Waals surface area contributed by atoms with E-state index in [4.69, 9.17) is 0 Å².